The molecule has 2 heterocycles. The van der Waals surface area contributed by atoms with Gasteiger partial charge in [-0.15, -0.1) is 11.3 Å². The Balaban J connectivity index is 2.10. The summed E-state index contributed by atoms with van der Waals surface area (Å²) in [6.07, 6.45) is 3.16. The molecule has 0 aromatic carbocycles. The van der Waals surface area contributed by atoms with Crippen LogP contribution in [0, 0.1) is 5.92 Å². The fourth-order valence-electron chi connectivity index (χ4n) is 1.74. The number of rotatable bonds is 5. The molecule has 1 amide bonds. The maximum atomic E-state index is 12.2. The minimum absolute atomic E-state index is 0.158. The topological polar surface area (TPSA) is 83.4 Å². The molecule has 110 valence electrons. The Morgan fingerprint density at radius 3 is 2.76 bits per heavy atom. The molecule has 1 N–H and O–H groups in total. The van der Waals surface area contributed by atoms with Gasteiger partial charge in [-0.3, -0.25) is 14.6 Å². The first-order valence-electron chi connectivity index (χ1n) is 6.34. The van der Waals surface area contributed by atoms with E-state index in [1.165, 1.54) is 22.4 Å². The molecule has 0 saturated carbocycles. The van der Waals surface area contributed by atoms with Gasteiger partial charge in [-0.1, -0.05) is 13.0 Å². The monoisotopic (exact) mass is 305 g/mol. The van der Waals surface area contributed by atoms with E-state index < -0.39 is 11.9 Å². The Morgan fingerprint density at radius 1 is 1.38 bits per heavy atom. The van der Waals surface area contributed by atoms with Gasteiger partial charge in [-0.05, 0) is 12.1 Å². The molecule has 7 heteroatoms. The van der Waals surface area contributed by atoms with Crippen molar-refractivity contribution < 1.29 is 14.7 Å². The van der Waals surface area contributed by atoms with Crippen molar-refractivity contribution in [3.63, 3.8) is 0 Å². The highest BCUT2D eigenvalue weighted by atomic mass is 32.1. The second kappa shape index (κ2) is 6.45. The van der Waals surface area contributed by atoms with Crippen LogP contribution < -0.4 is 0 Å². The lowest BCUT2D eigenvalue weighted by Crippen LogP contribution is -2.33. The van der Waals surface area contributed by atoms with Gasteiger partial charge >= 0.3 is 5.97 Å². The van der Waals surface area contributed by atoms with E-state index in [4.69, 9.17) is 5.11 Å². The van der Waals surface area contributed by atoms with Crippen LogP contribution in [0.3, 0.4) is 0 Å². The van der Waals surface area contributed by atoms with Crippen LogP contribution in [0.4, 0.5) is 0 Å². The summed E-state index contributed by atoms with van der Waals surface area (Å²) in [6.45, 7) is 1.73. The Labute approximate surface area is 126 Å². The number of aliphatic carboxylic acids is 1. The summed E-state index contributed by atoms with van der Waals surface area (Å²) < 4.78 is 0. The van der Waals surface area contributed by atoms with Crippen LogP contribution in [0.5, 0.6) is 0 Å². The molecule has 0 fully saturated rings. The lowest BCUT2D eigenvalue weighted by atomic mass is 10.2. The van der Waals surface area contributed by atoms with Gasteiger partial charge in [0.25, 0.3) is 5.91 Å². The van der Waals surface area contributed by atoms with Gasteiger partial charge in [0.15, 0.2) is 0 Å². The van der Waals surface area contributed by atoms with Gasteiger partial charge in [0.1, 0.15) is 9.88 Å². The zero-order valence-electron chi connectivity index (χ0n) is 11.7. The zero-order valence-corrected chi connectivity index (χ0v) is 12.5. The lowest BCUT2D eigenvalue weighted by Gasteiger charge is -2.18. The van der Waals surface area contributed by atoms with Crippen molar-refractivity contribution in [3.8, 4) is 10.7 Å². The highest BCUT2D eigenvalue weighted by molar-refractivity contribution is 7.16. The molecule has 0 aliphatic heterocycles. The van der Waals surface area contributed by atoms with Crippen LogP contribution in [-0.2, 0) is 4.79 Å². The average molecular weight is 305 g/mol. The first kappa shape index (κ1) is 15.1. The Morgan fingerprint density at radius 2 is 2.14 bits per heavy atom. The smallest absolute Gasteiger partial charge is 0.308 e. The van der Waals surface area contributed by atoms with E-state index in [-0.39, 0.29) is 12.5 Å². The van der Waals surface area contributed by atoms with Gasteiger partial charge < -0.3 is 10.0 Å². The maximum absolute atomic E-state index is 12.2. The first-order valence-corrected chi connectivity index (χ1v) is 7.16. The normalized spacial score (nSPS) is 11.9. The summed E-state index contributed by atoms with van der Waals surface area (Å²) in [6, 6.07) is 5.49. The van der Waals surface area contributed by atoms with Gasteiger partial charge in [0.2, 0.25) is 0 Å². The van der Waals surface area contributed by atoms with Crippen LogP contribution >= 0.6 is 11.3 Å². The molecule has 1 atom stereocenters. The second-order valence-electron chi connectivity index (χ2n) is 4.67. The standard InChI is InChI=1S/C14H15N3O3S/c1-9(14(19)20)8-17(2)13(18)11-7-16-12(21-11)10-5-3-4-6-15-10/h3-7,9H,8H2,1-2H3,(H,19,20). The van der Waals surface area contributed by atoms with Crippen molar-refractivity contribution in [1.82, 2.24) is 14.9 Å². The minimum atomic E-state index is -0.923. The van der Waals surface area contributed by atoms with Crippen molar-refractivity contribution in [3.05, 3.63) is 35.5 Å². The second-order valence-corrected chi connectivity index (χ2v) is 5.70. The highest BCUT2D eigenvalue weighted by Gasteiger charge is 2.20. The summed E-state index contributed by atoms with van der Waals surface area (Å²) in [5.74, 6) is -1.77. The molecule has 0 aliphatic rings. The predicted molar refractivity (Wildman–Crippen MR) is 79.1 cm³/mol. The van der Waals surface area contributed by atoms with E-state index in [9.17, 15) is 9.59 Å². The number of carboxylic acid groups (broad SMARTS) is 1. The SMILES string of the molecule is CC(CN(C)C(=O)c1cnc(-c2ccccn2)s1)C(=O)O. The van der Waals surface area contributed by atoms with Crippen LogP contribution in [0.1, 0.15) is 16.6 Å². The number of carboxylic acids is 1. The predicted octanol–water partition coefficient (Wildman–Crippen LogP) is 2.00. The quantitative estimate of drug-likeness (QED) is 0.913. The van der Waals surface area contributed by atoms with Crippen molar-refractivity contribution >= 4 is 23.2 Å². The number of amides is 1. The molecule has 1 unspecified atom stereocenters. The summed E-state index contributed by atoms with van der Waals surface area (Å²) in [7, 11) is 1.59. The number of hydrogen-bond acceptors (Lipinski definition) is 5. The zero-order chi connectivity index (χ0) is 15.4. The third kappa shape index (κ3) is 3.63. The van der Waals surface area contributed by atoms with E-state index in [2.05, 4.69) is 9.97 Å². The largest absolute Gasteiger partial charge is 0.481 e. The molecular weight excluding hydrogens is 290 g/mol. The van der Waals surface area contributed by atoms with Gasteiger partial charge in [-0.2, -0.15) is 0 Å². The van der Waals surface area contributed by atoms with Crippen LogP contribution in [0.15, 0.2) is 30.6 Å². The molecule has 2 aromatic heterocycles. The first-order chi connectivity index (χ1) is 9.99. The molecule has 2 rings (SSSR count). The molecule has 21 heavy (non-hydrogen) atoms. The molecule has 0 saturated heterocycles. The summed E-state index contributed by atoms with van der Waals surface area (Å²) in [5, 5.41) is 9.55. The number of pyridine rings is 1. The van der Waals surface area contributed by atoms with E-state index in [1.807, 2.05) is 18.2 Å². The summed E-state index contributed by atoms with van der Waals surface area (Å²) >= 11 is 1.25. The molecule has 2 aromatic rings. The molecular formula is C14H15N3O3S. The fraction of sp³-hybridized carbons (Fsp3) is 0.286. The molecule has 0 bridgehead atoms. The summed E-state index contributed by atoms with van der Waals surface area (Å²) in [4.78, 5) is 33.3. The third-order valence-corrected chi connectivity index (χ3v) is 3.92. The third-order valence-electron chi connectivity index (χ3n) is 2.92. The van der Waals surface area contributed by atoms with Crippen LogP contribution in [0.2, 0.25) is 0 Å². The Kier molecular flexibility index (Phi) is 4.64. The molecule has 0 aliphatic carbocycles. The molecule has 6 nitrogen and oxygen atoms in total. The maximum Gasteiger partial charge on any atom is 0.308 e. The van der Waals surface area contributed by atoms with Crippen molar-refractivity contribution in [2.75, 3.05) is 13.6 Å². The lowest BCUT2D eigenvalue weighted by molar-refractivity contribution is -0.141. The highest BCUT2D eigenvalue weighted by Crippen LogP contribution is 2.24. The van der Waals surface area contributed by atoms with Crippen LogP contribution in [-0.4, -0.2) is 45.4 Å². The summed E-state index contributed by atoms with van der Waals surface area (Å²) in [5.41, 5.74) is 0.711. The van der Waals surface area contributed by atoms with Gasteiger partial charge in [0, 0.05) is 19.8 Å². The Bertz CT molecular complexity index is 642. The van der Waals surface area contributed by atoms with E-state index in [0.29, 0.717) is 15.6 Å². The van der Waals surface area contributed by atoms with E-state index in [0.717, 1.165) is 0 Å². The fourth-order valence-corrected chi connectivity index (χ4v) is 2.63. The van der Waals surface area contributed by atoms with Gasteiger partial charge in [0.05, 0.1) is 17.8 Å². The number of thiazole rings is 1. The average Bonchev–Trinajstić information content (AvgIpc) is 2.96. The van der Waals surface area contributed by atoms with Crippen molar-refractivity contribution in [2.45, 2.75) is 6.92 Å². The van der Waals surface area contributed by atoms with Crippen LogP contribution in [0.25, 0.3) is 10.7 Å². The molecule has 0 spiro atoms. The van der Waals surface area contributed by atoms with Gasteiger partial charge in [-0.25, -0.2) is 4.98 Å². The minimum Gasteiger partial charge on any atom is -0.481 e. The Hall–Kier alpha value is -2.28. The number of hydrogen-bond donors (Lipinski definition) is 1. The number of aromatic nitrogens is 2. The van der Waals surface area contributed by atoms with E-state index in [1.54, 1.807) is 20.2 Å². The van der Waals surface area contributed by atoms with E-state index >= 15 is 0 Å². The number of carbonyl (C=O) groups is 2. The molecule has 0 radical (unpaired) electrons. The van der Waals surface area contributed by atoms with Crippen molar-refractivity contribution in [2.24, 2.45) is 5.92 Å². The van der Waals surface area contributed by atoms with Crippen molar-refractivity contribution in [1.29, 1.82) is 0 Å². The number of nitrogens with zero attached hydrogens (tertiary/aromatic N) is 3. The number of carbonyl (C=O) groups excluding carboxylic acids is 1.